The zero-order valence-electron chi connectivity index (χ0n) is 10.9. The molecule has 0 bridgehead atoms. The molecule has 104 valence electrons. The quantitative estimate of drug-likeness (QED) is 0.878. The van der Waals surface area contributed by atoms with E-state index in [1.807, 2.05) is 0 Å². The third-order valence-corrected chi connectivity index (χ3v) is 3.69. The number of hydrogen-bond donors (Lipinski definition) is 2. The molecule has 0 saturated heterocycles. The molecular formula is C14H18FNO3. The lowest BCUT2D eigenvalue weighted by Crippen LogP contribution is -2.55. The Hall–Kier alpha value is -1.62. The van der Waals surface area contributed by atoms with E-state index in [-0.39, 0.29) is 11.9 Å². The van der Waals surface area contributed by atoms with Gasteiger partial charge in [-0.05, 0) is 38.4 Å². The number of halogens is 1. The minimum Gasteiger partial charge on any atom is -0.490 e. The summed E-state index contributed by atoms with van der Waals surface area (Å²) in [4.78, 5) is 11.4. The topological polar surface area (TPSA) is 58.6 Å². The van der Waals surface area contributed by atoms with Crippen molar-refractivity contribution in [2.24, 2.45) is 0 Å². The lowest BCUT2D eigenvalue weighted by atomic mass is 9.80. The van der Waals surface area contributed by atoms with E-state index in [4.69, 9.17) is 4.74 Å². The van der Waals surface area contributed by atoms with Gasteiger partial charge < -0.3 is 15.2 Å². The van der Waals surface area contributed by atoms with E-state index in [0.717, 1.165) is 12.8 Å². The molecule has 4 nitrogen and oxygen atoms in total. The van der Waals surface area contributed by atoms with Crippen LogP contribution in [0.25, 0.3) is 0 Å². The van der Waals surface area contributed by atoms with Crippen molar-refractivity contribution < 1.29 is 19.0 Å². The SMILES string of the molecule is CNC1(C(=O)O)CCCC(Oc2cccc(F)c2)C1. The lowest BCUT2D eigenvalue weighted by molar-refractivity contribution is -0.147. The minimum absolute atomic E-state index is 0.209. The van der Waals surface area contributed by atoms with E-state index in [2.05, 4.69) is 5.32 Å². The summed E-state index contributed by atoms with van der Waals surface area (Å²) in [5, 5.41) is 12.2. The first-order valence-corrected chi connectivity index (χ1v) is 6.40. The molecule has 1 fully saturated rings. The maximum absolute atomic E-state index is 13.1. The molecule has 2 rings (SSSR count). The molecule has 1 aliphatic rings. The van der Waals surface area contributed by atoms with Crippen LogP contribution in [-0.2, 0) is 4.79 Å². The van der Waals surface area contributed by atoms with Gasteiger partial charge in [-0.25, -0.2) is 4.39 Å². The van der Waals surface area contributed by atoms with Gasteiger partial charge in [-0.2, -0.15) is 0 Å². The third-order valence-electron chi connectivity index (χ3n) is 3.69. The molecule has 5 heteroatoms. The Morgan fingerprint density at radius 3 is 3.00 bits per heavy atom. The second kappa shape index (κ2) is 5.57. The highest BCUT2D eigenvalue weighted by molar-refractivity contribution is 5.79. The Morgan fingerprint density at radius 1 is 1.58 bits per heavy atom. The first-order valence-electron chi connectivity index (χ1n) is 6.40. The molecule has 2 N–H and O–H groups in total. The predicted octanol–water partition coefficient (Wildman–Crippen LogP) is 2.19. The Bertz CT molecular complexity index is 466. The zero-order chi connectivity index (χ0) is 13.9. The summed E-state index contributed by atoms with van der Waals surface area (Å²) < 4.78 is 18.8. The second-order valence-electron chi connectivity index (χ2n) is 4.93. The monoisotopic (exact) mass is 267 g/mol. The lowest BCUT2D eigenvalue weighted by Gasteiger charge is -2.37. The van der Waals surface area contributed by atoms with Crippen LogP contribution >= 0.6 is 0 Å². The van der Waals surface area contributed by atoms with Crippen LogP contribution < -0.4 is 10.1 Å². The number of likely N-dealkylation sites (N-methyl/N-ethyl adjacent to an activating group) is 1. The highest BCUT2D eigenvalue weighted by Gasteiger charge is 2.42. The van der Waals surface area contributed by atoms with Crippen molar-refractivity contribution in [3.63, 3.8) is 0 Å². The Labute approximate surface area is 111 Å². The number of benzene rings is 1. The van der Waals surface area contributed by atoms with Crippen LogP contribution in [0.15, 0.2) is 24.3 Å². The molecule has 2 atom stereocenters. The smallest absolute Gasteiger partial charge is 0.324 e. The van der Waals surface area contributed by atoms with Crippen LogP contribution in [0.5, 0.6) is 5.75 Å². The number of carboxylic acids is 1. The summed E-state index contributed by atoms with van der Waals surface area (Å²) in [6.45, 7) is 0. The fraction of sp³-hybridized carbons (Fsp3) is 0.500. The molecule has 1 aromatic rings. The molecule has 2 unspecified atom stereocenters. The number of rotatable bonds is 4. The van der Waals surface area contributed by atoms with Gasteiger partial charge in [0.25, 0.3) is 0 Å². The van der Waals surface area contributed by atoms with Gasteiger partial charge in [0.05, 0.1) is 0 Å². The average molecular weight is 267 g/mol. The van der Waals surface area contributed by atoms with Gasteiger partial charge in [-0.3, -0.25) is 4.79 Å². The maximum atomic E-state index is 13.1. The normalized spacial score (nSPS) is 26.9. The van der Waals surface area contributed by atoms with Crippen LogP contribution in [0.1, 0.15) is 25.7 Å². The summed E-state index contributed by atoms with van der Waals surface area (Å²) in [6, 6.07) is 5.93. The van der Waals surface area contributed by atoms with E-state index in [9.17, 15) is 14.3 Å². The average Bonchev–Trinajstić information content (AvgIpc) is 2.38. The molecule has 0 heterocycles. The molecule has 1 aliphatic carbocycles. The molecule has 0 radical (unpaired) electrons. The summed E-state index contributed by atoms with van der Waals surface area (Å²) in [7, 11) is 1.65. The molecule has 0 aromatic heterocycles. The van der Waals surface area contributed by atoms with Crippen LogP contribution in [0.3, 0.4) is 0 Å². The van der Waals surface area contributed by atoms with Crippen molar-refractivity contribution in [3.8, 4) is 5.75 Å². The molecule has 0 aliphatic heterocycles. The highest BCUT2D eigenvalue weighted by Crippen LogP contribution is 2.31. The van der Waals surface area contributed by atoms with Crippen LogP contribution in [0.4, 0.5) is 4.39 Å². The van der Waals surface area contributed by atoms with E-state index in [1.54, 1.807) is 19.2 Å². The van der Waals surface area contributed by atoms with Gasteiger partial charge in [0.2, 0.25) is 0 Å². The van der Waals surface area contributed by atoms with Crippen molar-refractivity contribution >= 4 is 5.97 Å². The van der Waals surface area contributed by atoms with E-state index >= 15 is 0 Å². The van der Waals surface area contributed by atoms with Gasteiger partial charge in [-0.1, -0.05) is 6.07 Å². The van der Waals surface area contributed by atoms with Crippen molar-refractivity contribution in [2.75, 3.05) is 7.05 Å². The Morgan fingerprint density at radius 2 is 2.37 bits per heavy atom. The van der Waals surface area contributed by atoms with Crippen LogP contribution in [-0.4, -0.2) is 29.8 Å². The van der Waals surface area contributed by atoms with Crippen molar-refractivity contribution in [3.05, 3.63) is 30.1 Å². The number of ether oxygens (including phenoxy) is 1. The zero-order valence-corrected chi connectivity index (χ0v) is 10.9. The van der Waals surface area contributed by atoms with Gasteiger partial charge >= 0.3 is 5.97 Å². The van der Waals surface area contributed by atoms with E-state index < -0.39 is 11.5 Å². The van der Waals surface area contributed by atoms with Gasteiger partial charge in [0, 0.05) is 12.5 Å². The van der Waals surface area contributed by atoms with E-state index in [1.165, 1.54) is 12.1 Å². The largest absolute Gasteiger partial charge is 0.490 e. The fourth-order valence-electron chi connectivity index (χ4n) is 2.59. The highest BCUT2D eigenvalue weighted by atomic mass is 19.1. The first-order chi connectivity index (χ1) is 9.05. The first kappa shape index (κ1) is 13.8. The van der Waals surface area contributed by atoms with Crippen molar-refractivity contribution in [2.45, 2.75) is 37.3 Å². The van der Waals surface area contributed by atoms with Gasteiger partial charge in [-0.15, -0.1) is 0 Å². The van der Waals surface area contributed by atoms with Gasteiger partial charge in [0.1, 0.15) is 23.2 Å². The van der Waals surface area contributed by atoms with E-state index in [0.29, 0.717) is 18.6 Å². The number of aliphatic carboxylic acids is 1. The standard InChI is InChI=1S/C14H18FNO3/c1-16-14(13(17)18)7-3-6-12(9-14)19-11-5-2-4-10(15)8-11/h2,4-5,8,12,16H,3,6-7,9H2,1H3,(H,17,18). The Kier molecular flexibility index (Phi) is 4.04. The van der Waals surface area contributed by atoms with Crippen LogP contribution in [0.2, 0.25) is 0 Å². The molecular weight excluding hydrogens is 249 g/mol. The second-order valence-corrected chi connectivity index (χ2v) is 4.93. The maximum Gasteiger partial charge on any atom is 0.324 e. The summed E-state index contributed by atoms with van der Waals surface area (Å²) in [5.41, 5.74) is -0.934. The third kappa shape index (κ3) is 3.04. The van der Waals surface area contributed by atoms with Crippen molar-refractivity contribution in [1.29, 1.82) is 0 Å². The van der Waals surface area contributed by atoms with Gasteiger partial charge in [0.15, 0.2) is 0 Å². The minimum atomic E-state index is -0.934. The summed E-state index contributed by atoms with van der Waals surface area (Å²) in [5.74, 6) is -0.767. The van der Waals surface area contributed by atoms with Crippen LogP contribution in [0, 0.1) is 5.82 Å². The number of carboxylic acid groups (broad SMARTS) is 1. The summed E-state index contributed by atoms with van der Waals surface area (Å²) in [6.07, 6.45) is 2.32. The number of nitrogens with one attached hydrogen (secondary N) is 1. The number of hydrogen-bond acceptors (Lipinski definition) is 3. The van der Waals surface area contributed by atoms with Crippen molar-refractivity contribution in [1.82, 2.24) is 5.32 Å². The predicted molar refractivity (Wildman–Crippen MR) is 68.7 cm³/mol. The number of carbonyl (C=O) groups is 1. The molecule has 19 heavy (non-hydrogen) atoms. The Balaban J connectivity index is 2.07. The molecule has 0 spiro atoms. The molecule has 1 saturated carbocycles. The molecule has 1 aromatic carbocycles. The summed E-state index contributed by atoms with van der Waals surface area (Å²) >= 11 is 0. The fourth-order valence-corrected chi connectivity index (χ4v) is 2.59. The molecule has 0 amide bonds.